The number of hydrogen-bond donors (Lipinski definition) is 8. The minimum Gasteiger partial charge on any atom is -0.481 e. The van der Waals surface area contributed by atoms with Crippen molar-refractivity contribution in [2.24, 2.45) is 0 Å². The molecular formula is C29H38N6O11. The Morgan fingerprint density at radius 2 is 1.35 bits per heavy atom. The van der Waals surface area contributed by atoms with Gasteiger partial charge in [0.1, 0.15) is 36.3 Å². The lowest BCUT2D eigenvalue weighted by molar-refractivity contribution is -0.146. The van der Waals surface area contributed by atoms with Crippen LogP contribution in [0.15, 0.2) is 30.3 Å². The molecule has 1 aromatic carbocycles. The van der Waals surface area contributed by atoms with Crippen LogP contribution in [0.5, 0.6) is 0 Å². The van der Waals surface area contributed by atoms with Crippen LogP contribution >= 0.6 is 0 Å². The van der Waals surface area contributed by atoms with Crippen LogP contribution in [0.25, 0.3) is 0 Å². The van der Waals surface area contributed by atoms with E-state index in [2.05, 4.69) is 26.6 Å². The molecule has 0 aliphatic carbocycles. The first kappa shape index (κ1) is 35.4. The first-order valence-corrected chi connectivity index (χ1v) is 14.7. The Bertz CT molecular complexity index is 1350. The summed E-state index contributed by atoms with van der Waals surface area (Å²) in [5.74, 6) is -8.74. The van der Waals surface area contributed by atoms with Crippen LogP contribution in [0, 0.1) is 0 Å². The molecule has 46 heavy (non-hydrogen) atoms. The summed E-state index contributed by atoms with van der Waals surface area (Å²) in [5.41, 5.74) is 0.600. The average Bonchev–Trinajstić information content (AvgIpc) is 3.48. The zero-order valence-corrected chi connectivity index (χ0v) is 25.2. The van der Waals surface area contributed by atoms with Gasteiger partial charge in [-0.3, -0.25) is 38.4 Å². The summed E-state index contributed by atoms with van der Waals surface area (Å²) in [5, 5.41) is 40.9. The zero-order chi connectivity index (χ0) is 34.1. The summed E-state index contributed by atoms with van der Waals surface area (Å²) in [7, 11) is 0. The van der Waals surface area contributed by atoms with E-state index in [4.69, 9.17) is 0 Å². The highest BCUT2D eigenvalue weighted by atomic mass is 16.4. The second-order valence-corrected chi connectivity index (χ2v) is 11.2. The Hall–Kier alpha value is -5.06. The lowest BCUT2D eigenvalue weighted by atomic mass is 10.0. The van der Waals surface area contributed by atoms with Gasteiger partial charge in [-0.1, -0.05) is 30.3 Å². The number of hydrogen-bond acceptors (Lipinski definition) is 9. The van der Waals surface area contributed by atoms with E-state index in [9.17, 15) is 53.7 Å². The van der Waals surface area contributed by atoms with Crippen molar-refractivity contribution in [3.8, 4) is 0 Å². The van der Waals surface area contributed by atoms with Gasteiger partial charge >= 0.3 is 11.9 Å². The maximum atomic E-state index is 13.5. The van der Waals surface area contributed by atoms with Crippen LogP contribution in [0.1, 0.15) is 45.1 Å². The molecule has 2 heterocycles. The molecular weight excluding hydrogens is 608 g/mol. The molecule has 0 spiro atoms. The van der Waals surface area contributed by atoms with E-state index in [0.717, 1.165) is 11.8 Å². The van der Waals surface area contributed by atoms with Crippen LogP contribution in [0.4, 0.5) is 0 Å². The second-order valence-electron chi connectivity index (χ2n) is 11.2. The van der Waals surface area contributed by atoms with Crippen molar-refractivity contribution < 1.29 is 53.7 Å². The monoisotopic (exact) mass is 646 g/mol. The average molecular weight is 647 g/mol. The number of nitrogens with zero attached hydrogens (tertiary/aromatic N) is 1. The van der Waals surface area contributed by atoms with Gasteiger partial charge in [-0.25, -0.2) is 0 Å². The fourth-order valence-electron chi connectivity index (χ4n) is 5.19. The third-order valence-electron chi connectivity index (χ3n) is 7.57. The third kappa shape index (κ3) is 9.47. The molecule has 17 heteroatoms. The molecule has 8 N–H and O–H groups in total. The van der Waals surface area contributed by atoms with E-state index in [1.165, 1.54) is 6.92 Å². The molecule has 7 atom stereocenters. The predicted molar refractivity (Wildman–Crippen MR) is 156 cm³/mol. The second kappa shape index (κ2) is 15.8. The normalized spacial score (nSPS) is 27.5. The van der Waals surface area contributed by atoms with Gasteiger partial charge in [0.25, 0.3) is 0 Å². The quantitative estimate of drug-likeness (QED) is 0.148. The van der Waals surface area contributed by atoms with Crippen LogP contribution in [-0.2, 0) is 44.8 Å². The number of nitrogens with one attached hydrogen (secondary N) is 5. The highest BCUT2D eigenvalue weighted by molar-refractivity contribution is 5.99. The van der Waals surface area contributed by atoms with Gasteiger partial charge in [0.2, 0.25) is 35.4 Å². The summed E-state index contributed by atoms with van der Waals surface area (Å²) in [6.07, 6.45) is -3.05. The number of carbonyl (C=O) groups excluding carboxylic acids is 6. The van der Waals surface area contributed by atoms with E-state index in [-0.39, 0.29) is 19.4 Å². The van der Waals surface area contributed by atoms with E-state index >= 15 is 0 Å². The van der Waals surface area contributed by atoms with E-state index in [1.807, 2.05) is 0 Å². The molecule has 2 fully saturated rings. The Balaban J connectivity index is 2.04. The smallest absolute Gasteiger partial charge is 0.305 e. The fraction of sp³-hybridized carbons (Fsp3) is 0.517. The summed E-state index contributed by atoms with van der Waals surface area (Å²) in [6.45, 7) is 2.49. The number of rotatable bonds is 7. The van der Waals surface area contributed by atoms with E-state index in [1.54, 1.807) is 30.3 Å². The molecule has 6 amide bonds. The molecule has 1 aromatic rings. The Morgan fingerprint density at radius 3 is 1.96 bits per heavy atom. The largest absolute Gasteiger partial charge is 0.481 e. The van der Waals surface area contributed by atoms with Crippen LogP contribution < -0.4 is 26.6 Å². The molecule has 2 aliphatic heterocycles. The third-order valence-corrected chi connectivity index (χ3v) is 7.57. The van der Waals surface area contributed by atoms with Crippen molar-refractivity contribution in [3.05, 3.63) is 35.9 Å². The van der Waals surface area contributed by atoms with Gasteiger partial charge in [-0.2, -0.15) is 0 Å². The number of carboxylic acids is 2. The van der Waals surface area contributed by atoms with Gasteiger partial charge in [-0.05, 0) is 32.3 Å². The SMILES string of the molecule is C[C@@H]1NC(=O)[C@H]2CCCN2C(=O)[C@H](CC(=O)O)NC(=O)[C@H]([C@@H](C)O)NC(=O)[C@H](CC(=O)O)NC(=O)[C@H](Cc2ccccc2)NC1=O. The number of amides is 6. The molecule has 2 aliphatic rings. The number of benzene rings is 1. The number of carbonyl (C=O) groups is 8. The topological polar surface area (TPSA) is 261 Å². The molecule has 3 rings (SSSR count). The maximum Gasteiger partial charge on any atom is 0.305 e. The molecule has 17 nitrogen and oxygen atoms in total. The molecule has 0 bridgehead atoms. The fourth-order valence-corrected chi connectivity index (χ4v) is 5.19. The van der Waals surface area contributed by atoms with E-state index in [0.29, 0.717) is 12.0 Å². The Kier molecular flexibility index (Phi) is 12.2. The molecule has 250 valence electrons. The number of carboxylic acid groups (broad SMARTS) is 2. The van der Waals surface area contributed by atoms with Gasteiger partial charge in [0.15, 0.2) is 0 Å². The zero-order valence-electron chi connectivity index (χ0n) is 25.2. The predicted octanol–water partition coefficient (Wildman–Crippen LogP) is -2.99. The summed E-state index contributed by atoms with van der Waals surface area (Å²) < 4.78 is 0. The standard InChI is InChI=1S/C29H38N6O11/c1-14-24(41)31-17(11-16-7-4-3-5-8-16)25(42)32-18(12-21(37)38)26(43)34-23(15(2)36)28(45)33-19(13-22(39)40)29(46)35-10-6-9-20(35)27(44)30-14/h3-5,7-8,14-15,17-20,23,36H,6,9-13H2,1-2H3,(H,30,44)(H,31,41)(H,32,42)(H,33,45)(H,34,43)(H,37,38)(H,39,40)/t14-,15+,17-,18-,19-,20+,23-/m0/s1. The van der Waals surface area contributed by atoms with Crippen molar-refractivity contribution in [1.82, 2.24) is 31.5 Å². The Morgan fingerprint density at radius 1 is 0.783 bits per heavy atom. The number of aliphatic hydroxyl groups excluding tert-OH is 1. The molecule has 0 unspecified atom stereocenters. The van der Waals surface area contributed by atoms with Crippen molar-refractivity contribution >= 4 is 47.4 Å². The van der Waals surface area contributed by atoms with Crippen molar-refractivity contribution in [1.29, 1.82) is 0 Å². The maximum absolute atomic E-state index is 13.5. The summed E-state index contributed by atoms with van der Waals surface area (Å²) in [4.78, 5) is 104. The van der Waals surface area contributed by atoms with Gasteiger partial charge in [-0.15, -0.1) is 0 Å². The molecule has 0 saturated carbocycles. The van der Waals surface area contributed by atoms with Crippen LogP contribution in [-0.4, -0.2) is 117 Å². The van der Waals surface area contributed by atoms with Crippen LogP contribution in [0.3, 0.4) is 0 Å². The lowest BCUT2D eigenvalue weighted by Gasteiger charge is -2.31. The summed E-state index contributed by atoms with van der Waals surface area (Å²) in [6, 6.07) is -0.566. The van der Waals surface area contributed by atoms with Crippen molar-refractivity contribution in [2.75, 3.05) is 6.54 Å². The highest BCUT2D eigenvalue weighted by Gasteiger charge is 2.41. The number of aliphatic carboxylic acids is 2. The van der Waals surface area contributed by atoms with Crippen LogP contribution in [0.2, 0.25) is 0 Å². The molecule has 0 aromatic heterocycles. The minimum atomic E-state index is -1.82. The Labute approximate surface area is 263 Å². The van der Waals surface area contributed by atoms with E-state index < -0.39 is 103 Å². The molecule has 2 saturated heterocycles. The molecule has 0 radical (unpaired) electrons. The first-order chi connectivity index (χ1) is 21.7. The minimum absolute atomic E-state index is 0.0379. The number of fused-ring (bicyclic) bond motifs is 1. The summed E-state index contributed by atoms with van der Waals surface area (Å²) >= 11 is 0. The number of aliphatic hydroxyl groups is 1. The van der Waals surface area contributed by atoms with Crippen molar-refractivity contribution in [2.45, 2.75) is 88.3 Å². The van der Waals surface area contributed by atoms with Gasteiger partial charge in [0, 0.05) is 13.0 Å². The lowest BCUT2D eigenvalue weighted by Crippen LogP contribution is -2.63. The van der Waals surface area contributed by atoms with Crippen molar-refractivity contribution in [3.63, 3.8) is 0 Å². The first-order valence-electron chi connectivity index (χ1n) is 14.7. The highest BCUT2D eigenvalue weighted by Crippen LogP contribution is 2.20. The van der Waals surface area contributed by atoms with Gasteiger partial charge in [0.05, 0.1) is 18.9 Å². The van der Waals surface area contributed by atoms with Gasteiger partial charge < -0.3 is 46.8 Å².